The Morgan fingerprint density at radius 3 is 2.89 bits per heavy atom. The lowest BCUT2D eigenvalue weighted by Gasteiger charge is -2.33. The molecule has 0 unspecified atom stereocenters. The van der Waals surface area contributed by atoms with E-state index < -0.39 is 0 Å². The largest absolute Gasteiger partial charge is 0.393 e. The monoisotopic (exact) mass is 254 g/mol. The number of rotatable bonds is 1. The van der Waals surface area contributed by atoms with E-state index in [9.17, 15) is 5.11 Å². The van der Waals surface area contributed by atoms with Crippen molar-refractivity contribution in [3.8, 4) is 11.3 Å². The van der Waals surface area contributed by atoms with Crippen LogP contribution >= 0.6 is 0 Å². The van der Waals surface area contributed by atoms with E-state index in [0.29, 0.717) is 5.92 Å². The van der Waals surface area contributed by atoms with Crippen molar-refractivity contribution in [1.29, 1.82) is 0 Å². The van der Waals surface area contributed by atoms with E-state index >= 15 is 0 Å². The molecule has 1 N–H and O–H groups in total. The molecule has 3 nitrogen and oxygen atoms in total. The van der Waals surface area contributed by atoms with Gasteiger partial charge in [-0.05, 0) is 18.4 Å². The summed E-state index contributed by atoms with van der Waals surface area (Å²) in [6.07, 6.45) is 8.11. The first-order chi connectivity index (χ1) is 9.36. The lowest BCUT2D eigenvalue weighted by Crippen LogP contribution is -2.31. The average molecular weight is 254 g/mol. The van der Waals surface area contributed by atoms with Crippen molar-refractivity contribution >= 4 is 0 Å². The van der Waals surface area contributed by atoms with E-state index in [0.717, 1.165) is 19.3 Å². The smallest absolute Gasteiger partial charge is 0.0956 e. The van der Waals surface area contributed by atoms with Crippen LogP contribution in [0.3, 0.4) is 0 Å². The second-order valence-electron chi connectivity index (χ2n) is 5.73. The molecule has 0 radical (unpaired) electrons. The highest BCUT2D eigenvalue weighted by atomic mass is 16.3. The maximum absolute atomic E-state index is 10.4. The average Bonchev–Trinajstić information content (AvgIpc) is 3.00. The van der Waals surface area contributed by atoms with E-state index in [1.807, 2.05) is 12.5 Å². The molecule has 2 aromatic rings. The molecule has 3 heteroatoms. The van der Waals surface area contributed by atoms with Crippen LogP contribution in [0.25, 0.3) is 11.3 Å². The van der Waals surface area contributed by atoms with Gasteiger partial charge in [-0.1, -0.05) is 37.1 Å². The molecule has 4 rings (SSSR count). The van der Waals surface area contributed by atoms with E-state index in [4.69, 9.17) is 0 Å². The van der Waals surface area contributed by atoms with E-state index in [1.54, 1.807) is 0 Å². The molecule has 2 aliphatic rings. The van der Waals surface area contributed by atoms with Gasteiger partial charge >= 0.3 is 0 Å². The fraction of sp³-hybridized carbons (Fsp3) is 0.438. The van der Waals surface area contributed by atoms with Gasteiger partial charge in [0.1, 0.15) is 0 Å². The first-order valence-electron chi connectivity index (χ1n) is 7.15. The Morgan fingerprint density at radius 1 is 1.16 bits per heavy atom. The Balaban J connectivity index is 1.84. The molecule has 0 saturated heterocycles. The first kappa shape index (κ1) is 11.2. The zero-order chi connectivity index (χ0) is 12.8. The van der Waals surface area contributed by atoms with Gasteiger partial charge in [0, 0.05) is 11.5 Å². The van der Waals surface area contributed by atoms with Gasteiger partial charge in [0.2, 0.25) is 0 Å². The third-order valence-electron chi connectivity index (χ3n) is 4.71. The Labute approximate surface area is 112 Å². The van der Waals surface area contributed by atoms with Crippen molar-refractivity contribution in [3.63, 3.8) is 0 Å². The highest BCUT2D eigenvalue weighted by Crippen LogP contribution is 2.46. The molecule has 1 aromatic carbocycles. The van der Waals surface area contributed by atoms with Gasteiger partial charge in [0.15, 0.2) is 0 Å². The van der Waals surface area contributed by atoms with Gasteiger partial charge in [-0.25, -0.2) is 4.98 Å². The first-order valence-corrected chi connectivity index (χ1v) is 7.15. The standard InChI is InChI=1S/C16H18N2O/c19-15-8-4-3-7-13(15)16-12-6-2-1-5-11(12)14-9-17-10-18(14)16/h1-2,5-6,9-10,13,15-16,19H,3-4,7-8H2/t13-,15+,16-/m1/s1. The fourth-order valence-electron chi connectivity index (χ4n) is 3.82. The summed E-state index contributed by atoms with van der Waals surface area (Å²) < 4.78 is 2.25. The molecule has 1 fully saturated rings. The minimum absolute atomic E-state index is 0.180. The summed E-state index contributed by atoms with van der Waals surface area (Å²) in [4.78, 5) is 4.29. The zero-order valence-corrected chi connectivity index (χ0v) is 10.9. The molecule has 0 bridgehead atoms. The summed E-state index contributed by atoms with van der Waals surface area (Å²) in [7, 11) is 0. The SMILES string of the molecule is O[C@H]1CCCC[C@H]1[C@H]1c2ccccc2-c2cncn21. The van der Waals surface area contributed by atoms with Gasteiger partial charge in [-0.2, -0.15) is 0 Å². The number of aliphatic hydroxyl groups is 1. The molecule has 0 spiro atoms. The molecule has 19 heavy (non-hydrogen) atoms. The van der Waals surface area contributed by atoms with Crippen molar-refractivity contribution in [2.75, 3.05) is 0 Å². The number of imidazole rings is 1. The minimum atomic E-state index is -0.180. The minimum Gasteiger partial charge on any atom is -0.393 e. The number of nitrogens with zero attached hydrogens (tertiary/aromatic N) is 2. The molecule has 2 heterocycles. The fourth-order valence-corrected chi connectivity index (χ4v) is 3.82. The second kappa shape index (κ2) is 4.20. The van der Waals surface area contributed by atoms with Crippen LogP contribution < -0.4 is 0 Å². The molecule has 1 saturated carbocycles. The summed E-state index contributed by atoms with van der Waals surface area (Å²) in [5.74, 6) is 0.324. The van der Waals surface area contributed by atoms with Crippen LogP contribution in [-0.2, 0) is 0 Å². The number of hydrogen-bond donors (Lipinski definition) is 1. The van der Waals surface area contributed by atoms with Crippen LogP contribution in [0.5, 0.6) is 0 Å². The third kappa shape index (κ3) is 1.58. The topological polar surface area (TPSA) is 38.1 Å². The van der Waals surface area contributed by atoms with Gasteiger partial charge in [0.25, 0.3) is 0 Å². The second-order valence-corrected chi connectivity index (χ2v) is 5.73. The summed E-state index contributed by atoms with van der Waals surface area (Å²) in [6.45, 7) is 0. The van der Waals surface area contributed by atoms with E-state index in [2.05, 4.69) is 33.8 Å². The van der Waals surface area contributed by atoms with E-state index in [1.165, 1.54) is 23.2 Å². The summed E-state index contributed by atoms with van der Waals surface area (Å²) in [5, 5.41) is 10.4. The zero-order valence-electron chi connectivity index (χ0n) is 10.9. The molecule has 1 aromatic heterocycles. The van der Waals surface area contributed by atoms with Crippen molar-refractivity contribution in [2.45, 2.75) is 37.8 Å². The van der Waals surface area contributed by atoms with Crippen molar-refractivity contribution in [2.24, 2.45) is 5.92 Å². The highest BCUT2D eigenvalue weighted by Gasteiger charge is 2.38. The van der Waals surface area contributed by atoms with Crippen LogP contribution in [0.1, 0.15) is 37.3 Å². The van der Waals surface area contributed by atoms with Gasteiger partial charge in [-0.15, -0.1) is 0 Å². The normalized spacial score (nSPS) is 29.0. The molecular weight excluding hydrogens is 236 g/mol. The van der Waals surface area contributed by atoms with Crippen LogP contribution in [0, 0.1) is 5.92 Å². The van der Waals surface area contributed by atoms with Crippen LogP contribution in [0.4, 0.5) is 0 Å². The van der Waals surface area contributed by atoms with Crippen molar-refractivity contribution in [3.05, 3.63) is 42.4 Å². The number of benzene rings is 1. The summed E-state index contributed by atoms with van der Waals surface area (Å²) in [5.41, 5.74) is 3.83. The number of aromatic nitrogens is 2. The lowest BCUT2D eigenvalue weighted by molar-refractivity contribution is 0.0504. The summed E-state index contributed by atoms with van der Waals surface area (Å²) in [6, 6.07) is 8.81. The van der Waals surface area contributed by atoms with Crippen molar-refractivity contribution in [1.82, 2.24) is 9.55 Å². The quantitative estimate of drug-likeness (QED) is 0.849. The Hall–Kier alpha value is -1.61. The Morgan fingerprint density at radius 2 is 2.00 bits per heavy atom. The molecule has 3 atom stereocenters. The summed E-state index contributed by atoms with van der Waals surface area (Å²) >= 11 is 0. The lowest BCUT2D eigenvalue weighted by atomic mass is 9.79. The molecular formula is C16H18N2O. The Bertz CT molecular complexity index is 604. The predicted molar refractivity (Wildman–Crippen MR) is 73.8 cm³/mol. The van der Waals surface area contributed by atoms with Crippen LogP contribution in [0.2, 0.25) is 0 Å². The van der Waals surface area contributed by atoms with Gasteiger partial charge < -0.3 is 9.67 Å². The number of aliphatic hydroxyl groups excluding tert-OH is 1. The molecule has 98 valence electrons. The molecule has 1 aliphatic carbocycles. The maximum Gasteiger partial charge on any atom is 0.0956 e. The van der Waals surface area contributed by atoms with E-state index in [-0.39, 0.29) is 12.1 Å². The highest BCUT2D eigenvalue weighted by molar-refractivity contribution is 5.69. The number of fused-ring (bicyclic) bond motifs is 3. The third-order valence-corrected chi connectivity index (χ3v) is 4.71. The van der Waals surface area contributed by atoms with Crippen molar-refractivity contribution < 1.29 is 5.11 Å². The van der Waals surface area contributed by atoms with Gasteiger partial charge in [0.05, 0.1) is 30.4 Å². The number of hydrogen-bond acceptors (Lipinski definition) is 2. The van der Waals surface area contributed by atoms with Crippen LogP contribution in [-0.4, -0.2) is 20.8 Å². The molecule has 1 aliphatic heterocycles. The Kier molecular flexibility index (Phi) is 2.49. The maximum atomic E-state index is 10.4. The van der Waals surface area contributed by atoms with Gasteiger partial charge in [-0.3, -0.25) is 0 Å². The predicted octanol–water partition coefficient (Wildman–Crippen LogP) is 3.00. The molecule has 0 amide bonds. The van der Waals surface area contributed by atoms with Crippen LogP contribution in [0.15, 0.2) is 36.8 Å².